The van der Waals surface area contributed by atoms with Crippen LogP contribution in [-0.4, -0.2) is 36.6 Å². The van der Waals surface area contributed by atoms with Gasteiger partial charge in [-0.15, -0.1) is 6.58 Å². The molecule has 3 heteroatoms. The second-order valence-electron chi connectivity index (χ2n) is 7.05. The van der Waals surface area contributed by atoms with Gasteiger partial charge in [0.2, 0.25) is 5.91 Å². The summed E-state index contributed by atoms with van der Waals surface area (Å²) in [6.45, 7) is 8.47. The third-order valence-electron chi connectivity index (χ3n) is 5.43. The van der Waals surface area contributed by atoms with Crippen molar-refractivity contribution in [2.24, 2.45) is 23.7 Å². The highest BCUT2D eigenvalue weighted by atomic mass is 16.5. The van der Waals surface area contributed by atoms with E-state index in [1.54, 1.807) is 0 Å². The van der Waals surface area contributed by atoms with Crippen molar-refractivity contribution in [1.82, 2.24) is 4.90 Å². The molecule has 0 aromatic heterocycles. The van der Waals surface area contributed by atoms with E-state index in [1.165, 1.54) is 19.3 Å². The maximum absolute atomic E-state index is 12.5. The van der Waals surface area contributed by atoms with E-state index >= 15 is 0 Å². The fraction of sp³-hybridized carbons (Fsp3) is 0.824. The first-order valence-corrected chi connectivity index (χ1v) is 8.20. The number of piperidine rings is 1. The van der Waals surface area contributed by atoms with Gasteiger partial charge in [0, 0.05) is 30.8 Å². The fourth-order valence-corrected chi connectivity index (χ4v) is 4.38. The van der Waals surface area contributed by atoms with Gasteiger partial charge in [-0.05, 0) is 31.6 Å². The SMILES string of the molecule is C=CCOC1C2CCCC1CN(C(=O)C1CC(C)C1)C2. The molecule has 2 atom stereocenters. The topological polar surface area (TPSA) is 29.5 Å². The molecule has 0 spiro atoms. The number of hydrogen-bond donors (Lipinski definition) is 0. The molecular formula is C17H27NO2. The highest BCUT2D eigenvalue weighted by Gasteiger charge is 2.43. The molecule has 0 aromatic rings. The Morgan fingerprint density at radius 1 is 1.30 bits per heavy atom. The van der Waals surface area contributed by atoms with Crippen molar-refractivity contribution in [3.63, 3.8) is 0 Å². The summed E-state index contributed by atoms with van der Waals surface area (Å²) in [5.74, 6) is 2.57. The van der Waals surface area contributed by atoms with Crippen molar-refractivity contribution < 1.29 is 9.53 Å². The highest BCUT2D eigenvalue weighted by Crippen LogP contribution is 2.40. The Bertz CT molecular complexity index is 361. The Morgan fingerprint density at radius 3 is 2.50 bits per heavy atom. The number of carbonyl (C=O) groups excluding carboxylic acids is 1. The average molecular weight is 277 g/mol. The molecular weight excluding hydrogens is 250 g/mol. The number of hydrogen-bond acceptors (Lipinski definition) is 2. The normalized spacial score (nSPS) is 40.0. The van der Waals surface area contributed by atoms with Crippen LogP contribution >= 0.6 is 0 Å². The number of nitrogens with zero attached hydrogens (tertiary/aromatic N) is 1. The summed E-state index contributed by atoms with van der Waals surface area (Å²) in [7, 11) is 0. The highest BCUT2D eigenvalue weighted by molar-refractivity contribution is 5.79. The lowest BCUT2D eigenvalue weighted by Gasteiger charge is -2.48. The van der Waals surface area contributed by atoms with Gasteiger partial charge in [-0.2, -0.15) is 0 Å². The Hall–Kier alpha value is -0.830. The minimum absolute atomic E-state index is 0.316. The molecule has 1 amide bonds. The van der Waals surface area contributed by atoms with Crippen LogP contribution in [0.5, 0.6) is 0 Å². The molecule has 3 aliphatic rings. The number of rotatable bonds is 4. The molecule has 2 saturated carbocycles. The quantitative estimate of drug-likeness (QED) is 0.740. The van der Waals surface area contributed by atoms with Gasteiger partial charge in [0.05, 0.1) is 12.7 Å². The summed E-state index contributed by atoms with van der Waals surface area (Å²) in [5.41, 5.74) is 0. The number of amides is 1. The zero-order valence-electron chi connectivity index (χ0n) is 12.6. The predicted molar refractivity (Wildman–Crippen MR) is 79.2 cm³/mol. The zero-order valence-corrected chi connectivity index (χ0v) is 12.6. The molecule has 112 valence electrons. The largest absolute Gasteiger partial charge is 0.373 e. The Kier molecular flexibility index (Phi) is 4.16. The first-order chi connectivity index (χ1) is 9.69. The lowest BCUT2D eigenvalue weighted by Crippen LogP contribution is -2.56. The minimum Gasteiger partial charge on any atom is -0.373 e. The van der Waals surface area contributed by atoms with Crippen molar-refractivity contribution in [2.75, 3.05) is 19.7 Å². The summed E-state index contributed by atoms with van der Waals surface area (Å²) >= 11 is 0. The lowest BCUT2D eigenvalue weighted by atomic mass is 9.72. The van der Waals surface area contributed by atoms with Crippen LogP contribution in [0.15, 0.2) is 12.7 Å². The third-order valence-corrected chi connectivity index (χ3v) is 5.43. The van der Waals surface area contributed by atoms with E-state index in [0.717, 1.165) is 31.8 Å². The average Bonchev–Trinajstić information content (AvgIpc) is 2.40. The molecule has 1 aliphatic heterocycles. The van der Waals surface area contributed by atoms with Crippen LogP contribution in [0.25, 0.3) is 0 Å². The van der Waals surface area contributed by atoms with E-state index in [9.17, 15) is 4.79 Å². The maximum atomic E-state index is 12.5. The Balaban J connectivity index is 1.61. The second-order valence-corrected chi connectivity index (χ2v) is 7.05. The van der Waals surface area contributed by atoms with Crippen molar-refractivity contribution >= 4 is 5.91 Å². The fourth-order valence-electron chi connectivity index (χ4n) is 4.38. The van der Waals surface area contributed by atoms with Gasteiger partial charge in [0.25, 0.3) is 0 Å². The molecule has 3 nitrogen and oxygen atoms in total. The van der Waals surface area contributed by atoms with Crippen LogP contribution in [0, 0.1) is 23.7 Å². The van der Waals surface area contributed by atoms with Crippen LogP contribution in [0.3, 0.4) is 0 Å². The maximum Gasteiger partial charge on any atom is 0.225 e. The monoisotopic (exact) mass is 277 g/mol. The molecule has 1 heterocycles. The van der Waals surface area contributed by atoms with Crippen LogP contribution in [-0.2, 0) is 9.53 Å². The number of ether oxygens (including phenoxy) is 1. The number of likely N-dealkylation sites (tertiary alicyclic amines) is 1. The summed E-state index contributed by atoms with van der Waals surface area (Å²) < 4.78 is 5.99. The summed E-state index contributed by atoms with van der Waals surface area (Å²) in [4.78, 5) is 14.7. The van der Waals surface area contributed by atoms with E-state index in [1.807, 2.05) is 6.08 Å². The van der Waals surface area contributed by atoms with Crippen molar-refractivity contribution in [1.29, 1.82) is 0 Å². The first kappa shape index (κ1) is 14.1. The van der Waals surface area contributed by atoms with Crippen molar-refractivity contribution in [3.8, 4) is 0 Å². The summed E-state index contributed by atoms with van der Waals surface area (Å²) in [5, 5.41) is 0. The van der Waals surface area contributed by atoms with Gasteiger partial charge >= 0.3 is 0 Å². The van der Waals surface area contributed by atoms with Crippen LogP contribution in [0.4, 0.5) is 0 Å². The molecule has 3 rings (SSSR count). The van der Waals surface area contributed by atoms with Gasteiger partial charge in [0.15, 0.2) is 0 Å². The first-order valence-electron chi connectivity index (χ1n) is 8.20. The van der Waals surface area contributed by atoms with Crippen LogP contribution < -0.4 is 0 Å². The van der Waals surface area contributed by atoms with Gasteiger partial charge in [0.1, 0.15) is 0 Å². The van der Waals surface area contributed by atoms with E-state index < -0.39 is 0 Å². The molecule has 2 bridgehead atoms. The minimum atomic E-state index is 0.316. The summed E-state index contributed by atoms with van der Waals surface area (Å²) in [6, 6.07) is 0. The van der Waals surface area contributed by atoms with Gasteiger partial charge in [-0.25, -0.2) is 0 Å². The molecule has 2 unspecified atom stereocenters. The van der Waals surface area contributed by atoms with Gasteiger partial charge < -0.3 is 9.64 Å². The number of fused-ring (bicyclic) bond motifs is 2. The summed E-state index contributed by atoms with van der Waals surface area (Å²) in [6.07, 6.45) is 8.11. The zero-order chi connectivity index (χ0) is 14.1. The third kappa shape index (κ3) is 2.65. The van der Waals surface area contributed by atoms with Gasteiger partial charge in [-0.1, -0.05) is 19.4 Å². The van der Waals surface area contributed by atoms with E-state index in [4.69, 9.17) is 4.74 Å². The van der Waals surface area contributed by atoms with Crippen LogP contribution in [0.2, 0.25) is 0 Å². The Morgan fingerprint density at radius 2 is 1.95 bits per heavy atom. The van der Waals surface area contributed by atoms with E-state index in [0.29, 0.717) is 36.4 Å². The van der Waals surface area contributed by atoms with E-state index in [2.05, 4.69) is 18.4 Å². The van der Waals surface area contributed by atoms with Crippen molar-refractivity contribution in [3.05, 3.63) is 12.7 Å². The molecule has 3 fully saturated rings. The van der Waals surface area contributed by atoms with Crippen LogP contribution in [0.1, 0.15) is 39.0 Å². The smallest absolute Gasteiger partial charge is 0.225 e. The number of carbonyl (C=O) groups is 1. The second kappa shape index (κ2) is 5.88. The standard InChI is InChI=1S/C17H27NO2/c1-3-7-20-16-13-5-4-6-14(16)11-18(10-13)17(19)15-8-12(2)9-15/h3,12-16H,1,4-11H2,2H3. The molecule has 0 aromatic carbocycles. The van der Waals surface area contributed by atoms with E-state index in [-0.39, 0.29) is 0 Å². The molecule has 0 N–H and O–H groups in total. The van der Waals surface area contributed by atoms with Crippen molar-refractivity contribution in [2.45, 2.75) is 45.1 Å². The molecule has 0 radical (unpaired) electrons. The molecule has 1 saturated heterocycles. The lowest BCUT2D eigenvalue weighted by molar-refractivity contribution is -0.151. The Labute approximate surface area is 122 Å². The van der Waals surface area contributed by atoms with Gasteiger partial charge in [-0.3, -0.25) is 4.79 Å². The predicted octanol–water partition coefficient (Wildman–Crippen LogP) is 2.86. The molecule has 2 aliphatic carbocycles. The molecule has 20 heavy (non-hydrogen) atoms.